The first-order valence-electron chi connectivity index (χ1n) is 7.15. The summed E-state index contributed by atoms with van der Waals surface area (Å²) in [5.74, 6) is 5.30. The third-order valence-corrected chi connectivity index (χ3v) is 3.58. The molecule has 1 atom stereocenters. The highest BCUT2D eigenvalue weighted by molar-refractivity contribution is 5.72. The molecule has 0 spiro atoms. The van der Waals surface area contributed by atoms with Gasteiger partial charge in [0.2, 0.25) is 0 Å². The monoisotopic (exact) mass is 272 g/mol. The van der Waals surface area contributed by atoms with Crippen LogP contribution in [0.25, 0.3) is 0 Å². The fraction of sp³-hybridized carbons (Fsp3) is 0.471. The van der Waals surface area contributed by atoms with E-state index < -0.39 is 6.10 Å². The molecule has 1 aromatic carbocycles. The first-order chi connectivity index (χ1) is 9.77. The molecule has 0 aliphatic heterocycles. The fourth-order valence-electron chi connectivity index (χ4n) is 2.42. The van der Waals surface area contributed by atoms with E-state index in [-0.39, 0.29) is 18.5 Å². The molecule has 1 fully saturated rings. The molecular formula is C17H20O3. The summed E-state index contributed by atoms with van der Waals surface area (Å²) in [6.07, 6.45) is 4.46. The van der Waals surface area contributed by atoms with E-state index in [0.717, 1.165) is 31.2 Å². The average Bonchev–Trinajstić information content (AvgIpc) is 2.53. The zero-order valence-corrected chi connectivity index (χ0v) is 11.5. The lowest BCUT2D eigenvalue weighted by molar-refractivity contribution is -0.148. The zero-order valence-electron chi connectivity index (χ0n) is 11.5. The number of hydrogen-bond acceptors (Lipinski definition) is 3. The van der Waals surface area contributed by atoms with E-state index in [4.69, 9.17) is 4.74 Å². The van der Waals surface area contributed by atoms with Crippen molar-refractivity contribution in [2.45, 2.75) is 38.2 Å². The minimum Gasteiger partial charge on any atom is -0.452 e. The van der Waals surface area contributed by atoms with E-state index in [1.54, 1.807) is 0 Å². The minimum absolute atomic E-state index is 0.0459. The van der Waals surface area contributed by atoms with Gasteiger partial charge in [-0.25, -0.2) is 0 Å². The first kappa shape index (κ1) is 14.6. The molecule has 3 heteroatoms. The molecular weight excluding hydrogens is 252 g/mol. The Kier molecular flexibility index (Phi) is 5.64. The lowest BCUT2D eigenvalue weighted by Crippen LogP contribution is -2.20. The summed E-state index contributed by atoms with van der Waals surface area (Å²) in [7, 11) is 0. The molecule has 0 amide bonds. The second kappa shape index (κ2) is 7.72. The van der Waals surface area contributed by atoms with Crippen molar-refractivity contribution in [3.8, 4) is 11.8 Å². The van der Waals surface area contributed by atoms with Crippen LogP contribution < -0.4 is 0 Å². The van der Waals surface area contributed by atoms with Crippen molar-refractivity contribution < 1.29 is 14.6 Å². The summed E-state index contributed by atoms with van der Waals surface area (Å²) in [5.41, 5.74) is 0.749. The second-order valence-electron chi connectivity index (χ2n) is 5.08. The highest BCUT2D eigenvalue weighted by atomic mass is 16.5. The van der Waals surface area contributed by atoms with Gasteiger partial charge in [-0.2, -0.15) is 0 Å². The fourth-order valence-corrected chi connectivity index (χ4v) is 2.42. The molecule has 0 bridgehead atoms. The van der Waals surface area contributed by atoms with Crippen LogP contribution in [-0.2, 0) is 9.53 Å². The largest absolute Gasteiger partial charge is 0.452 e. The molecule has 1 aliphatic rings. The second-order valence-corrected chi connectivity index (χ2v) is 5.08. The summed E-state index contributed by atoms with van der Waals surface area (Å²) < 4.78 is 5.14. The highest BCUT2D eigenvalue weighted by Gasteiger charge is 2.21. The van der Waals surface area contributed by atoms with Crippen molar-refractivity contribution in [1.29, 1.82) is 0 Å². The molecule has 1 aliphatic carbocycles. The lowest BCUT2D eigenvalue weighted by Gasteiger charge is -2.19. The van der Waals surface area contributed by atoms with Crippen molar-refractivity contribution in [3.63, 3.8) is 0 Å². The van der Waals surface area contributed by atoms with Crippen LogP contribution in [-0.4, -0.2) is 17.7 Å². The topological polar surface area (TPSA) is 46.5 Å². The smallest absolute Gasteiger partial charge is 0.309 e. The number of aliphatic hydroxyl groups excluding tert-OH is 1. The third-order valence-electron chi connectivity index (χ3n) is 3.58. The number of ether oxygens (including phenoxy) is 1. The minimum atomic E-state index is -0.829. The number of aliphatic hydroxyl groups is 1. The number of hydrogen-bond donors (Lipinski definition) is 1. The standard InChI is InChI=1S/C17H20O3/c18-16(14-8-3-1-4-9-14)12-7-13-20-17(19)15-10-5-2-6-11-15/h1,3-4,8-9,15-16,18H,2,5-6,10-11,13H2/t16-/m1/s1. The van der Waals surface area contributed by atoms with Crippen molar-refractivity contribution in [3.05, 3.63) is 35.9 Å². The molecule has 0 aromatic heterocycles. The quantitative estimate of drug-likeness (QED) is 0.680. The molecule has 1 saturated carbocycles. The summed E-state index contributed by atoms with van der Waals surface area (Å²) in [5, 5.41) is 9.82. The Hall–Kier alpha value is -1.79. The lowest BCUT2D eigenvalue weighted by atomic mass is 9.89. The summed E-state index contributed by atoms with van der Waals surface area (Å²) >= 11 is 0. The number of esters is 1. The van der Waals surface area contributed by atoms with Crippen LogP contribution in [0.4, 0.5) is 0 Å². The molecule has 20 heavy (non-hydrogen) atoms. The molecule has 2 rings (SSSR count). The molecule has 1 N–H and O–H groups in total. The van der Waals surface area contributed by atoms with Crippen LogP contribution >= 0.6 is 0 Å². The van der Waals surface area contributed by atoms with Gasteiger partial charge in [-0.05, 0) is 18.4 Å². The summed E-state index contributed by atoms with van der Waals surface area (Å²) in [6.45, 7) is 0.0548. The predicted octanol–water partition coefficient (Wildman–Crippen LogP) is 2.85. The van der Waals surface area contributed by atoms with Gasteiger partial charge in [-0.1, -0.05) is 61.4 Å². The average molecular weight is 272 g/mol. The van der Waals surface area contributed by atoms with Crippen LogP contribution in [0.5, 0.6) is 0 Å². The SMILES string of the molecule is O=C(OCC#C[C@@H](O)c1ccccc1)C1CCCCC1. The van der Waals surface area contributed by atoms with Gasteiger partial charge in [0.15, 0.2) is 6.61 Å². The van der Waals surface area contributed by atoms with E-state index in [0.29, 0.717) is 0 Å². The van der Waals surface area contributed by atoms with Gasteiger partial charge in [0, 0.05) is 0 Å². The Bertz CT molecular complexity index is 478. The van der Waals surface area contributed by atoms with Gasteiger partial charge >= 0.3 is 5.97 Å². The van der Waals surface area contributed by atoms with E-state index in [1.807, 2.05) is 30.3 Å². The Morgan fingerprint density at radius 3 is 2.65 bits per heavy atom. The molecule has 3 nitrogen and oxygen atoms in total. The van der Waals surface area contributed by atoms with Crippen LogP contribution in [0, 0.1) is 17.8 Å². The van der Waals surface area contributed by atoms with E-state index >= 15 is 0 Å². The van der Waals surface area contributed by atoms with Crippen LogP contribution in [0.3, 0.4) is 0 Å². The number of carbonyl (C=O) groups excluding carboxylic acids is 1. The van der Waals surface area contributed by atoms with Crippen LogP contribution in [0.15, 0.2) is 30.3 Å². The van der Waals surface area contributed by atoms with Crippen molar-refractivity contribution >= 4 is 5.97 Å². The Balaban J connectivity index is 1.75. The maximum Gasteiger partial charge on any atom is 0.309 e. The van der Waals surface area contributed by atoms with Gasteiger partial charge in [0.05, 0.1) is 5.92 Å². The van der Waals surface area contributed by atoms with Gasteiger partial charge in [0.1, 0.15) is 6.10 Å². The third kappa shape index (κ3) is 4.40. The van der Waals surface area contributed by atoms with Gasteiger partial charge in [-0.3, -0.25) is 4.79 Å². The molecule has 0 unspecified atom stereocenters. The predicted molar refractivity (Wildman–Crippen MR) is 76.7 cm³/mol. The summed E-state index contributed by atoms with van der Waals surface area (Å²) in [4.78, 5) is 11.8. The Morgan fingerprint density at radius 1 is 1.25 bits per heavy atom. The number of rotatable bonds is 3. The highest BCUT2D eigenvalue weighted by Crippen LogP contribution is 2.24. The molecule has 1 aromatic rings. The van der Waals surface area contributed by atoms with Crippen LogP contribution in [0.1, 0.15) is 43.8 Å². The van der Waals surface area contributed by atoms with Gasteiger partial charge in [-0.15, -0.1) is 0 Å². The Morgan fingerprint density at radius 2 is 1.95 bits per heavy atom. The van der Waals surface area contributed by atoms with Gasteiger partial charge in [0.25, 0.3) is 0 Å². The Labute approximate surface area is 120 Å². The van der Waals surface area contributed by atoms with E-state index in [1.165, 1.54) is 6.42 Å². The van der Waals surface area contributed by atoms with E-state index in [9.17, 15) is 9.90 Å². The first-order valence-corrected chi connectivity index (χ1v) is 7.15. The molecule has 106 valence electrons. The maximum atomic E-state index is 11.8. The summed E-state index contributed by atoms with van der Waals surface area (Å²) in [6, 6.07) is 9.21. The molecule has 0 saturated heterocycles. The normalized spacial score (nSPS) is 16.9. The van der Waals surface area contributed by atoms with Crippen molar-refractivity contribution in [2.75, 3.05) is 6.61 Å². The van der Waals surface area contributed by atoms with E-state index in [2.05, 4.69) is 11.8 Å². The molecule has 0 radical (unpaired) electrons. The van der Waals surface area contributed by atoms with Crippen molar-refractivity contribution in [1.82, 2.24) is 0 Å². The van der Waals surface area contributed by atoms with Crippen LogP contribution in [0.2, 0.25) is 0 Å². The van der Waals surface area contributed by atoms with Crippen molar-refractivity contribution in [2.24, 2.45) is 5.92 Å². The zero-order chi connectivity index (χ0) is 14.2. The number of benzene rings is 1. The molecule has 0 heterocycles. The van der Waals surface area contributed by atoms with Gasteiger partial charge < -0.3 is 9.84 Å². The number of carbonyl (C=O) groups is 1. The maximum absolute atomic E-state index is 11.8.